The van der Waals surface area contributed by atoms with Crippen molar-refractivity contribution >= 4 is 11.0 Å². The Morgan fingerprint density at radius 3 is 3.00 bits per heavy atom. The van der Waals surface area contributed by atoms with Gasteiger partial charge in [0.05, 0.1) is 0 Å². The first-order valence-electron chi connectivity index (χ1n) is 6.64. The van der Waals surface area contributed by atoms with Crippen LogP contribution in [0, 0.1) is 6.92 Å². The minimum absolute atomic E-state index is 0.642. The Morgan fingerprint density at radius 1 is 1.39 bits per heavy atom. The Morgan fingerprint density at radius 2 is 2.22 bits per heavy atom. The molecular weight excluding hydrogens is 224 g/mol. The number of para-hydroxylation sites is 1. The average Bonchev–Trinajstić information content (AvgIpc) is 2.96. The maximum atomic E-state index is 5.82. The van der Waals surface area contributed by atoms with Gasteiger partial charge in [0, 0.05) is 36.6 Å². The van der Waals surface area contributed by atoms with E-state index in [-0.39, 0.29) is 0 Å². The number of hydrogen-bond acceptors (Lipinski definition) is 3. The second-order valence-electron chi connectivity index (χ2n) is 5.14. The van der Waals surface area contributed by atoms with Crippen molar-refractivity contribution < 1.29 is 4.42 Å². The van der Waals surface area contributed by atoms with Gasteiger partial charge in [-0.05, 0) is 26.5 Å². The molecule has 0 saturated carbocycles. The summed E-state index contributed by atoms with van der Waals surface area (Å²) in [6.45, 7) is 5.38. The largest absolute Gasteiger partial charge is 0.461 e. The molecule has 0 spiro atoms. The predicted molar refractivity (Wildman–Crippen MR) is 73.7 cm³/mol. The highest BCUT2D eigenvalue weighted by Gasteiger charge is 2.22. The highest BCUT2D eigenvalue weighted by molar-refractivity contribution is 5.82. The molecule has 1 aromatic heterocycles. The summed E-state index contributed by atoms with van der Waals surface area (Å²) in [4.78, 5) is 2.51. The van der Waals surface area contributed by atoms with Crippen LogP contribution in [0.4, 0.5) is 0 Å². The van der Waals surface area contributed by atoms with E-state index in [4.69, 9.17) is 4.42 Å². The maximum Gasteiger partial charge on any atom is 0.134 e. The third-order valence-electron chi connectivity index (χ3n) is 3.96. The number of hydrogen-bond donors (Lipinski definition) is 1. The number of fused-ring (bicyclic) bond motifs is 1. The molecule has 0 amide bonds. The first-order chi connectivity index (χ1) is 8.78. The summed E-state index contributed by atoms with van der Waals surface area (Å²) in [7, 11) is 2.05. The smallest absolute Gasteiger partial charge is 0.134 e. The molecule has 3 rings (SSSR count). The van der Waals surface area contributed by atoms with Gasteiger partial charge in [-0.3, -0.25) is 4.90 Å². The lowest BCUT2D eigenvalue weighted by Gasteiger charge is -2.15. The number of likely N-dealkylation sites (tertiary alicyclic amines) is 1. The molecular formula is C15H20N2O. The van der Waals surface area contributed by atoms with Crippen molar-refractivity contribution in [3.8, 4) is 0 Å². The van der Waals surface area contributed by atoms with Crippen molar-refractivity contribution in [2.75, 3.05) is 20.1 Å². The molecule has 96 valence electrons. The van der Waals surface area contributed by atoms with E-state index in [2.05, 4.69) is 29.3 Å². The number of furan rings is 1. The van der Waals surface area contributed by atoms with Gasteiger partial charge in [0.1, 0.15) is 11.3 Å². The average molecular weight is 244 g/mol. The van der Waals surface area contributed by atoms with Gasteiger partial charge in [0.2, 0.25) is 0 Å². The summed E-state index contributed by atoms with van der Waals surface area (Å²) >= 11 is 0. The maximum absolute atomic E-state index is 5.82. The highest BCUT2D eigenvalue weighted by Crippen LogP contribution is 2.27. The number of nitrogens with zero attached hydrogens (tertiary/aromatic N) is 1. The van der Waals surface area contributed by atoms with Gasteiger partial charge in [0.15, 0.2) is 0 Å². The van der Waals surface area contributed by atoms with Crippen LogP contribution in [0.25, 0.3) is 11.0 Å². The Labute approximate surface area is 108 Å². The fourth-order valence-electron chi connectivity index (χ4n) is 2.85. The standard InChI is InChI=1S/C15H20N2O/c1-11-14(10-17-8-7-12(9-17)16-2)13-5-3-4-6-15(13)18-11/h3-6,12,16H,7-10H2,1-2H3. The Balaban J connectivity index is 1.84. The second kappa shape index (κ2) is 4.75. The minimum atomic E-state index is 0.642. The minimum Gasteiger partial charge on any atom is -0.461 e. The van der Waals surface area contributed by atoms with Gasteiger partial charge in [-0.15, -0.1) is 0 Å². The zero-order chi connectivity index (χ0) is 12.5. The Hall–Kier alpha value is -1.32. The number of nitrogens with one attached hydrogen (secondary N) is 1. The van der Waals surface area contributed by atoms with Gasteiger partial charge in [-0.2, -0.15) is 0 Å². The monoisotopic (exact) mass is 244 g/mol. The highest BCUT2D eigenvalue weighted by atomic mass is 16.3. The number of likely N-dealkylation sites (N-methyl/N-ethyl adjacent to an activating group) is 1. The lowest BCUT2D eigenvalue weighted by molar-refractivity contribution is 0.321. The fourth-order valence-corrected chi connectivity index (χ4v) is 2.85. The summed E-state index contributed by atoms with van der Waals surface area (Å²) in [5.74, 6) is 1.06. The first-order valence-corrected chi connectivity index (χ1v) is 6.64. The van der Waals surface area contributed by atoms with Gasteiger partial charge >= 0.3 is 0 Å². The topological polar surface area (TPSA) is 28.4 Å². The molecule has 1 aliphatic heterocycles. The Bertz CT molecular complexity index is 546. The van der Waals surface area contributed by atoms with Crippen LogP contribution >= 0.6 is 0 Å². The van der Waals surface area contributed by atoms with Crippen molar-refractivity contribution in [3.05, 3.63) is 35.6 Å². The van der Waals surface area contributed by atoms with Gasteiger partial charge in [-0.1, -0.05) is 18.2 Å². The van der Waals surface area contributed by atoms with Crippen LogP contribution in [0.5, 0.6) is 0 Å². The van der Waals surface area contributed by atoms with E-state index in [9.17, 15) is 0 Å². The van der Waals surface area contributed by atoms with E-state index in [0.717, 1.165) is 24.4 Å². The molecule has 3 nitrogen and oxygen atoms in total. The third-order valence-corrected chi connectivity index (χ3v) is 3.96. The quantitative estimate of drug-likeness (QED) is 0.899. The third kappa shape index (κ3) is 2.04. The molecule has 0 radical (unpaired) electrons. The normalized spacial score (nSPS) is 20.9. The molecule has 1 unspecified atom stereocenters. The van der Waals surface area contributed by atoms with E-state index in [1.165, 1.54) is 23.9 Å². The lowest BCUT2D eigenvalue weighted by Crippen LogP contribution is -2.29. The second-order valence-corrected chi connectivity index (χ2v) is 5.14. The molecule has 2 aromatic rings. The summed E-state index contributed by atoms with van der Waals surface area (Å²) in [6, 6.07) is 8.96. The molecule has 1 saturated heterocycles. The Kier molecular flexibility index (Phi) is 3.10. The van der Waals surface area contributed by atoms with Crippen molar-refractivity contribution in [2.24, 2.45) is 0 Å². The number of aryl methyl sites for hydroxylation is 1. The molecule has 18 heavy (non-hydrogen) atoms. The molecule has 1 fully saturated rings. The SMILES string of the molecule is CNC1CCN(Cc2c(C)oc3ccccc23)C1. The van der Waals surface area contributed by atoms with Crippen molar-refractivity contribution in [1.82, 2.24) is 10.2 Å². The van der Waals surface area contributed by atoms with Crippen LogP contribution in [0.15, 0.2) is 28.7 Å². The summed E-state index contributed by atoms with van der Waals surface area (Å²) in [5, 5.41) is 4.63. The van der Waals surface area contributed by atoms with E-state index < -0.39 is 0 Å². The van der Waals surface area contributed by atoms with E-state index >= 15 is 0 Å². The van der Waals surface area contributed by atoms with Crippen LogP contribution < -0.4 is 5.32 Å². The summed E-state index contributed by atoms with van der Waals surface area (Å²) in [5.41, 5.74) is 2.36. The van der Waals surface area contributed by atoms with E-state index in [1.54, 1.807) is 0 Å². The van der Waals surface area contributed by atoms with Gasteiger partial charge in [-0.25, -0.2) is 0 Å². The molecule has 0 aliphatic carbocycles. The molecule has 2 heterocycles. The number of rotatable bonds is 3. The lowest BCUT2D eigenvalue weighted by atomic mass is 10.1. The van der Waals surface area contributed by atoms with Crippen molar-refractivity contribution in [3.63, 3.8) is 0 Å². The van der Waals surface area contributed by atoms with Crippen LogP contribution in [-0.2, 0) is 6.54 Å². The van der Waals surface area contributed by atoms with Gasteiger partial charge < -0.3 is 9.73 Å². The van der Waals surface area contributed by atoms with E-state index in [0.29, 0.717) is 6.04 Å². The van der Waals surface area contributed by atoms with Crippen LogP contribution in [0.3, 0.4) is 0 Å². The predicted octanol–water partition coefficient (Wildman–Crippen LogP) is 2.53. The molecule has 3 heteroatoms. The van der Waals surface area contributed by atoms with Crippen molar-refractivity contribution in [1.29, 1.82) is 0 Å². The summed E-state index contributed by atoms with van der Waals surface area (Å²) in [6.07, 6.45) is 1.24. The van der Waals surface area contributed by atoms with Crippen LogP contribution in [-0.4, -0.2) is 31.1 Å². The molecule has 0 bridgehead atoms. The van der Waals surface area contributed by atoms with Crippen LogP contribution in [0.2, 0.25) is 0 Å². The summed E-state index contributed by atoms with van der Waals surface area (Å²) < 4.78 is 5.82. The van der Waals surface area contributed by atoms with Crippen LogP contribution in [0.1, 0.15) is 17.7 Å². The molecule has 1 aliphatic rings. The molecule has 1 N–H and O–H groups in total. The molecule has 1 atom stereocenters. The van der Waals surface area contributed by atoms with E-state index in [1.807, 2.05) is 19.2 Å². The fraction of sp³-hybridized carbons (Fsp3) is 0.467. The molecule has 1 aromatic carbocycles. The zero-order valence-electron chi connectivity index (χ0n) is 11.1. The van der Waals surface area contributed by atoms with Gasteiger partial charge in [0.25, 0.3) is 0 Å². The number of benzene rings is 1. The van der Waals surface area contributed by atoms with Crippen molar-refractivity contribution in [2.45, 2.75) is 25.9 Å². The first kappa shape index (κ1) is 11.8. The zero-order valence-corrected chi connectivity index (χ0v) is 11.1.